The van der Waals surface area contributed by atoms with Crippen molar-refractivity contribution in [3.05, 3.63) is 48.0 Å². The Bertz CT molecular complexity index is 801. The summed E-state index contributed by atoms with van der Waals surface area (Å²) >= 11 is 0. The molecular weight excluding hydrogens is 356 g/mol. The number of hydrogen-bond acceptors (Lipinski definition) is 4. The lowest BCUT2D eigenvalue weighted by atomic mass is 10.1. The first kappa shape index (κ1) is 19.9. The number of urea groups is 1. The third-order valence-electron chi connectivity index (χ3n) is 4.82. The van der Waals surface area contributed by atoms with Gasteiger partial charge in [-0.3, -0.25) is 4.79 Å². The molecule has 3 amide bonds. The lowest BCUT2D eigenvalue weighted by Gasteiger charge is -2.35. The SMILES string of the molecule is CCCNC(=O)Nc1ccc(CC(=O)N2CCNCC2c2nccn2C)cc1. The van der Waals surface area contributed by atoms with Gasteiger partial charge in [0.25, 0.3) is 0 Å². The second kappa shape index (κ2) is 9.36. The Labute approximate surface area is 165 Å². The minimum absolute atomic E-state index is 0.0653. The monoisotopic (exact) mass is 384 g/mol. The molecule has 3 rings (SSSR count). The molecule has 0 bridgehead atoms. The van der Waals surface area contributed by atoms with Gasteiger partial charge >= 0.3 is 6.03 Å². The number of aromatic nitrogens is 2. The van der Waals surface area contributed by atoms with Gasteiger partial charge in [-0.2, -0.15) is 0 Å². The van der Waals surface area contributed by atoms with E-state index < -0.39 is 0 Å². The van der Waals surface area contributed by atoms with Crippen molar-refractivity contribution in [2.24, 2.45) is 7.05 Å². The molecule has 150 valence electrons. The third kappa shape index (κ3) is 4.89. The maximum atomic E-state index is 12.9. The van der Waals surface area contributed by atoms with Crippen LogP contribution < -0.4 is 16.0 Å². The van der Waals surface area contributed by atoms with Crippen LogP contribution in [-0.2, 0) is 18.3 Å². The zero-order chi connectivity index (χ0) is 19.9. The molecule has 1 atom stereocenters. The Balaban J connectivity index is 1.61. The number of rotatable bonds is 6. The molecule has 3 N–H and O–H groups in total. The van der Waals surface area contributed by atoms with Crippen LogP contribution in [0.5, 0.6) is 0 Å². The highest BCUT2D eigenvalue weighted by Gasteiger charge is 2.30. The second-order valence-electron chi connectivity index (χ2n) is 6.96. The molecule has 0 radical (unpaired) electrons. The number of amides is 3. The maximum Gasteiger partial charge on any atom is 0.319 e. The summed E-state index contributed by atoms with van der Waals surface area (Å²) in [5.74, 6) is 0.967. The zero-order valence-electron chi connectivity index (χ0n) is 16.4. The predicted octanol–water partition coefficient (Wildman–Crippen LogP) is 1.67. The first-order valence-electron chi connectivity index (χ1n) is 9.69. The number of anilines is 1. The van der Waals surface area contributed by atoms with Crippen LogP contribution in [0, 0.1) is 0 Å². The van der Waals surface area contributed by atoms with Crippen LogP contribution in [0.2, 0.25) is 0 Å². The minimum atomic E-state index is -0.218. The quantitative estimate of drug-likeness (QED) is 0.707. The van der Waals surface area contributed by atoms with Gasteiger partial charge in [-0.25, -0.2) is 9.78 Å². The number of piperazine rings is 1. The summed E-state index contributed by atoms with van der Waals surface area (Å²) in [5, 5.41) is 8.90. The van der Waals surface area contributed by atoms with Crippen molar-refractivity contribution in [2.75, 3.05) is 31.5 Å². The number of imidazole rings is 1. The number of benzene rings is 1. The molecule has 0 spiro atoms. The Morgan fingerprint density at radius 3 is 2.75 bits per heavy atom. The van der Waals surface area contributed by atoms with Crippen molar-refractivity contribution in [1.29, 1.82) is 0 Å². The van der Waals surface area contributed by atoms with Gasteiger partial charge in [0.1, 0.15) is 11.9 Å². The Kier molecular flexibility index (Phi) is 6.65. The second-order valence-corrected chi connectivity index (χ2v) is 6.96. The van der Waals surface area contributed by atoms with Gasteiger partial charge in [0.2, 0.25) is 5.91 Å². The van der Waals surface area contributed by atoms with Gasteiger partial charge in [-0.1, -0.05) is 19.1 Å². The van der Waals surface area contributed by atoms with Crippen LogP contribution in [0.1, 0.15) is 30.8 Å². The van der Waals surface area contributed by atoms with Crippen molar-refractivity contribution in [3.63, 3.8) is 0 Å². The van der Waals surface area contributed by atoms with E-state index in [-0.39, 0.29) is 18.0 Å². The van der Waals surface area contributed by atoms with Gasteiger partial charge in [-0.05, 0) is 24.1 Å². The molecule has 1 aliphatic rings. The van der Waals surface area contributed by atoms with Gasteiger partial charge < -0.3 is 25.4 Å². The molecule has 28 heavy (non-hydrogen) atoms. The fraction of sp³-hybridized carbons (Fsp3) is 0.450. The molecule has 1 saturated heterocycles. The molecule has 1 fully saturated rings. The molecule has 1 unspecified atom stereocenters. The van der Waals surface area contributed by atoms with Crippen LogP contribution in [0.15, 0.2) is 36.7 Å². The van der Waals surface area contributed by atoms with Crippen molar-refractivity contribution in [2.45, 2.75) is 25.8 Å². The van der Waals surface area contributed by atoms with Crippen LogP contribution >= 0.6 is 0 Å². The highest BCUT2D eigenvalue weighted by Crippen LogP contribution is 2.22. The van der Waals surface area contributed by atoms with E-state index in [1.54, 1.807) is 6.20 Å². The van der Waals surface area contributed by atoms with Gasteiger partial charge in [-0.15, -0.1) is 0 Å². The summed E-state index contributed by atoms with van der Waals surface area (Å²) in [6.07, 6.45) is 4.87. The minimum Gasteiger partial charge on any atom is -0.338 e. The van der Waals surface area contributed by atoms with Crippen LogP contribution in [0.3, 0.4) is 0 Å². The largest absolute Gasteiger partial charge is 0.338 e. The Morgan fingerprint density at radius 2 is 2.07 bits per heavy atom. The Hall–Kier alpha value is -2.87. The zero-order valence-corrected chi connectivity index (χ0v) is 16.4. The molecule has 1 aromatic heterocycles. The summed E-state index contributed by atoms with van der Waals surface area (Å²) in [6, 6.07) is 7.12. The number of nitrogens with one attached hydrogen (secondary N) is 3. The van der Waals surface area contributed by atoms with E-state index in [2.05, 4.69) is 20.9 Å². The topological polar surface area (TPSA) is 91.3 Å². The van der Waals surface area contributed by atoms with E-state index >= 15 is 0 Å². The molecule has 8 heteroatoms. The number of carbonyl (C=O) groups is 2. The molecule has 8 nitrogen and oxygen atoms in total. The van der Waals surface area contributed by atoms with Gasteiger partial charge in [0.15, 0.2) is 0 Å². The van der Waals surface area contributed by atoms with Crippen LogP contribution in [-0.4, -0.2) is 52.6 Å². The predicted molar refractivity (Wildman–Crippen MR) is 108 cm³/mol. The van der Waals surface area contributed by atoms with Crippen molar-refractivity contribution in [1.82, 2.24) is 25.1 Å². The van der Waals surface area contributed by atoms with E-state index in [1.165, 1.54) is 0 Å². The van der Waals surface area contributed by atoms with E-state index in [0.29, 0.717) is 31.7 Å². The number of carbonyl (C=O) groups excluding carboxylic acids is 2. The normalized spacial score (nSPS) is 16.6. The fourth-order valence-electron chi connectivity index (χ4n) is 3.33. The lowest BCUT2D eigenvalue weighted by Crippen LogP contribution is -2.49. The van der Waals surface area contributed by atoms with Crippen molar-refractivity contribution >= 4 is 17.6 Å². The molecule has 2 aromatic rings. The van der Waals surface area contributed by atoms with Crippen molar-refractivity contribution in [3.8, 4) is 0 Å². The summed E-state index contributed by atoms with van der Waals surface area (Å²) in [6.45, 7) is 4.78. The standard InChI is InChI=1S/C20H28N6O2/c1-3-8-23-20(28)24-16-6-4-15(5-7-16)13-18(27)26-12-9-21-14-17(26)19-22-10-11-25(19)2/h4-7,10-11,17,21H,3,8-9,12-14H2,1-2H3,(H2,23,24,28). The number of nitrogens with zero attached hydrogens (tertiary/aromatic N) is 3. The molecule has 2 heterocycles. The lowest BCUT2D eigenvalue weighted by molar-refractivity contribution is -0.134. The summed E-state index contributed by atoms with van der Waals surface area (Å²) in [5.41, 5.74) is 1.62. The van der Waals surface area contributed by atoms with E-state index in [0.717, 1.165) is 24.4 Å². The molecule has 1 aromatic carbocycles. The average molecular weight is 384 g/mol. The van der Waals surface area contributed by atoms with Gasteiger partial charge in [0.05, 0.1) is 6.42 Å². The van der Waals surface area contributed by atoms with E-state index in [9.17, 15) is 9.59 Å². The van der Waals surface area contributed by atoms with E-state index in [1.807, 2.05) is 53.9 Å². The summed E-state index contributed by atoms with van der Waals surface area (Å²) < 4.78 is 1.96. The molecule has 0 aliphatic carbocycles. The van der Waals surface area contributed by atoms with Crippen LogP contribution in [0.4, 0.5) is 10.5 Å². The summed E-state index contributed by atoms with van der Waals surface area (Å²) in [4.78, 5) is 31.0. The first-order chi connectivity index (χ1) is 13.6. The third-order valence-corrected chi connectivity index (χ3v) is 4.82. The van der Waals surface area contributed by atoms with Crippen LogP contribution in [0.25, 0.3) is 0 Å². The molecular formula is C20H28N6O2. The van der Waals surface area contributed by atoms with Crippen molar-refractivity contribution < 1.29 is 9.59 Å². The fourth-order valence-corrected chi connectivity index (χ4v) is 3.33. The smallest absolute Gasteiger partial charge is 0.319 e. The highest BCUT2D eigenvalue weighted by molar-refractivity contribution is 5.89. The van der Waals surface area contributed by atoms with E-state index in [4.69, 9.17) is 0 Å². The molecule has 1 aliphatic heterocycles. The average Bonchev–Trinajstić information content (AvgIpc) is 3.13. The molecule has 0 saturated carbocycles. The summed E-state index contributed by atoms with van der Waals surface area (Å²) in [7, 11) is 1.95. The number of aryl methyl sites for hydroxylation is 1. The highest BCUT2D eigenvalue weighted by atomic mass is 16.2. The Morgan fingerprint density at radius 1 is 1.29 bits per heavy atom. The van der Waals surface area contributed by atoms with Gasteiger partial charge in [0, 0.05) is 51.3 Å². The first-order valence-corrected chi connectivity index (χ1v) is 9.69. The number of hydrogen-bond donors (Lipinski definition) is 3. The maximum absolute atomic E-state index is 12.9.